The van der Waals surface area contributed by atoms with E-state index in [1.807, 2.05) is 0 Å². The van der Waals surface area contributed by atoms with E-state index in [4.69, 9.17) is 5.73 Å². The number of nitrogens with zero attached hydrogens (tertiary/aromatic N) is 2. The van der Waals surface area contributed by atoms with Gasteiger partial charge in [-0.25, -0.2) is 4.39 Å². The third-order valence-corrected chi connectivity index (χ3v) is 2.31. The highest BCUT2D eigenvalue weighted by molar-refractivity contribution is 5.77. The molecule has 7 heteroatoms. The number of carbonyl (C=O) groups excluding carboxylic acids is 1. The first-order valence-electron chi connectivity index (χ1n) is 5.32. The van der Waals surface area contributed by atoms with Gasteiger partial charge in [0.15, 0.2) is 0 Å². The van der Waals surface area contributed by atoms with E-state index < -0.39 is 0 Å². The fourth-order valence-electron chi connectivity index (χ4n) is 1.44. The summed E-state index contributed by atoms with van der Waals surface area (Å²) in [5.41, 5.74) is 5.74. The lowest BCUT2D eigenvalue weighted by Gasteiger charge is -2.04. The Morgan fingerprint density at radius 3 is 2.89 bits per heavy atom. The van der Waals surface area contributed by atoms with Crippen LogP contribution in [0.15, 0.2) is 24.3 Å². The summed E-state index contributed by atoms with van der Waals surface area (Å²) < 4.78 is 13.3. The van der Waals surface area contributed by atoms with Crippen molar-refractivity contribution in [2.75, 3.05) is 5.73 Å². The monoisotopic (exact) mass is 249 g/mol. The van der Waals surface area contributed by atoms with Crippen LogP contribution in [0.2, 0.25) is 0 Å². The Bertz CT molecular complexity index is 554. The maximum atomic E-state index is 13.3. The van der Waals surface area contributed by atoms with E-state index in [2.05, 4.69) is 20.5 Å². The zero-order valence-corrected chi connectivity index (χ0v) is 9.48. The van der Waals surface area contributed by atoms with Crippen molar-refractivity contribution in [1.82, 2.24) is 20.5 Å². The van der Waals surface area contributed by atoms with Gasteiger partial charge in [0, 0.05) is 12.1 Å². The number of amides is 1. The minimum atomic E-state index is -0.346. The highest BCUT2D eigenvalue weighted by atomic mass is 19.1. The first-order valence-corrected chi connectivity index (χ1v) is 5.32. The molecule has 2 aromatic rings. The number of H-pyrrole nitrogens is 1. The summed E-state index contributed by atoms with van der Waals surface area (Å²) >= 11 is 0. The summed E-state index contributed by atoms with van der Waals surface area (Å²) in [6, 6.07) is 6.26. The van der Waals surface area contributed by atoms with E-state index in [0.717, 1.165) is 0 Å². The molecule has 1 amide bonds. The van der Waals surface area contributed by atoms with Crippen LogP contribution in [-0.4, -0.2) is 21.1 Å². The van der Waals surface area contributed by atoms with E-state index in [1.54, 1.807) is 18.2 Å². The van der Waals surface area contributed by atoms with Crippen LogP contribution in [0.5, 0.6) is 0 Å². The molecule has 4 N–H and O–H groups in total. The number of aromatic nitrogens is 3. The number of hydrogen-bond donors (Lipinski definition) is 3. The van der Waals surface area contributed by atoms with Gasteiger partial charge in [-0.05, 0) is 6.07 Å². The van der Waals surface area contributed by atoms with E-state index >= 15 is 0 Å². The van der Waals surface area contributed by atoms with Crippen molar-refractivity contribution in [3.8, 4) is 0 Å². The number of anilines is 1. The van der Waals surface area contributed by atoms with Crippen molar-refractivity contribution in [2.24, 2.45) is 0 Å². The van der Waals surface area contributed by atoms with Crippen LogP contribution in [0.4, 0.5) is 10.3 Å². The normalized spacial score (nSPS) is 10.3. The molecule has 1 aromatic heterocycles. The van der Waals surface area contributed by atoms with Gasteiger partial charge in [0.2, 0.25) is 11.9 Å². The second-order valence-electron chi connectivity index (χ2n) is 3.69. The Morgan fingerprint density at radius 1 is 1.44 bits per heavy atom. The summed E-state index contributed by atoms with van der Waals surface area (Å²) in [5.74, 6) is -0.165. The highest BCUT2D eigenvalue weighted by Gasteiger charge is 2.08. The van der Waals surface area contributed by atoms with Crippen LogP contribution in [0.25, 0.3) is 0 Å². The molecule has 1 aromatic carbocycles. The third kappa shape index (κ3) is 3.03. The average Bonchev–Trinajstić information content (AvgIpc) is 2.74. The standard InChI is InChI=1S/C11H12FN5O/c12-8-4-2-1-3-7(8)6-14-10(18)5-9-15-11(13)17-16-9/h1-4H,5-6H2,(H,14,18)(H3,13,15,16,17). The number of aromatic amines is 1. The maximum absolute atomic E-state index is 13.3. The summed E-state index contributed by atoms with van der Waals surface area (Å²) in [6.45, 7) is 0.134. The second kappa shape index (κ2) is 5.26. The first kappa shape index (κ1) is 12.0. The van der Waals surface area contributed by atoms with Crippen LogP contribution in [-0.2, 0) is 17.8 Å². The number of rotatable bonds is 4. The molecular weight excluding hydrogens is 237 g/mol. The van der Waals surface area contributed by atoms with E-state index in [9.17, 15) is 9.18 Å². The smallest absolute Gasteiger partial charge is 0.239 e. The molecule has 0 aliphatic rings. The quantitative estimate of drug-likeness (QED) is 0.730. The molecule has 0 saturated heterocycles. The molecule has 0 saturated carbocycles. The number of hydrogen-bond acceptors (Lipinski definition) is 4. The van der Waals surface area contributed by atoms with Crippen LogP contribution >= 0.6 is 0 Å². The minimum Gasteiger partial charge on any atom is -0.367 e. The molecule has 0 unspecified atom stereocenters. The van der Waals surface area contributed by atoms with Crippen LogP contribution in [0.1, 0.15) is 11.4 Å². The Morgan fingerprint density at radius 2 is 2.22 bits per heavy atom. The minimum absolute atomic E-state index is 0.0264. The molecule has 0 aliphatic carbocycles. The van der Waals surface area contributed by atoms with E-state index in [-0.39, 0.29) is 30.6 Å². The molecule has 0 bridgehead atoms. The molecule has 0 spiro atoms. The fraction of sp³-hybridized carbons (Fsp3) is 0.182. The zero-order chi connectivity index (χ0) is 13.0. The van der Waals surface area contributed by atoms with Crippen molar-refractivity contribution in [1.29, 1.82) is 0 Å². The molecule has 0 aliphatic heterocycles. The van der Waals surface area contributed by atoms with Gasteiger partial charge >= 0.3 is 0 Å². The van der Waals surface area contributed by atoms with E-state index in [1.165, 1.54) is 6.07 Å². The number of benzene rings is 1. The molecule has 0 atom stereocenters. The lowest BCUT2D eigenvalue weighted by molar-refractivity contribution is -0.120. The largest absolute Gasteiger partial charge is 0.367 e. The fourth-order valence-corrected chi connectivity index (χ4v) is 1.44. The van der Waals surface area contributed by atoms with Crippen LogP contribution in [0, 0.1) is 5.82 Å². The molecule has 94 valence electrons. The van der Waals surface area contributed by atoms with Crippen LogP contribution < -0.4 is 11.1 Å². The van der Waals surface area contributed by atoms with Gasteiger partial charge in [-0.3, -0.25) is 9.89 Å². The van der Waals surface area contributed by atoms with Gasteiger partial charge in [0.25, 0.3) is 0 Å². The van der Waals surface area contributed by atoms with Gasteiger partial charge in [0.05, 0.1) is 6.42 Å². The predicted octanol–water partition coefficient (Wildman–Crippen LogP) is 0.385. The number of halogens is 1. The van der Waals surface area contributed by atoms with Crippen molar-refractivity contribution in [2.45, 2.75) is 13.0 Å². The first-order chi connectivity index (χ1) is 8.65. The Hall–Kier alpha value is -2.44. The van der Waals surface area contributed by atoms with Crippen molar-refractivity contribution < 1.29 is 9.18 Å². The second-order valence-corrected chi connectivity index (χ2v) is 3.69. The molecule has 18 heavy (non-hydrogen) atoms. The predicted molar refractivity (Wildman–Crippen MR) is 62.7 cm³/mol. The third-order valence-electron chi connectivity index (χ3n) is 2.31. The average molecular weight is 249 g/mol. The topological polar surface area (TPSA) is 96.7 Å². The molecule has 0 fully saturated rings. The Balaban J connectivity index is 1.87. The van der Waals surface area contributed by atoms with Crippen molar-refractivity contribution >= 4 is 11.9 Å². The summed E-state index contributed by atoms with van der Waals surface area (Å²) in [5, 5.41) is 8.72. The SMILES string of the molecule is Nc1n[nH]c(CC(=O)NCc2ccccc2F)n1. The Kier molecular flexibility index (Phi) is 3.52. The van der Waals surface area contributed by atoms with Gasteiger partial charge in [0.1, 0.15) is 11.6 Å². The number of carbonyl (C=O) groups is 1. The van der Waals surface area contributed by atoms with Crippen molar-refractivity contribution in [3.63, 3.8) is 0 Å². The van der Waals surface area contributed by atoms with Gasteiger partial charge in [-0.1, -0.05) is 18.2 Å². The Labute approximate surface area is 102 Å². The number of nitrogens with two attached hydrogens (primary N) is 1. The number of nitrogens with one attached hydrogen (secondary N) is 2. The van der Waals surface area contributed by atoms with E-state index in [0.29, 0.717) is 11.4 Å². The maximum Gasteiger partial charge on any atom is 0.239 e. The van der Waals surface area contributed by atoms with Gasteiger partial charge in [-0.15, -0.1) is 5.10 Å². The highest BCUT2D eigenvalue weighted by Crippen LogP contribution is 2.05. The molecular formula is C11H12FN5O. The van der Waals surface area contributed by atoms with Crippen LogP contribution in [0.3, 0.4) is 0 Å². The lowest BCUT2D eigenvalue weighted by atomic mass is 10.2. The molecule has 0 radical (unpaired) electrons. The lowest BCUT2D eigenvalue weighted by Crippen LogP contribution is -2.25. The molecule has 2 rings (SSSR count). The van der Waals surface area contributed by atoms with Gasteiger partial charge < -0.3 is 11.1 Å². The summed E-state index contributed by atoms with van der Waals surface area (Å²) in [4.78, 5) is 15.3. The number of nitrogen functional groups attached to an aromatic ring is 1. The summed E-state index contributed by atoms with van der Waals surface area (Å²) in [6.07, 6.45) is 0.0264. The van der Waals surface area contributed by atoms with Gasteiger partial charge in [-0.2, -0.15) is 4.98 Å². The molecule has 1 heterocycles. The van der Waals surface area contributed by atoms with Crippen molar-refractivity contribution in [3.05, 3.63) is 41.5 Å². The molecule has 6 nitrogen and oxygen atoms in total. The zero-order valence-electron chi connectivity index (χ0n) is 9.48. The summed E-state index contributed by atoms with van der Waals surface area (Å²) in [7, 11) is 0.